The van der Waals surface area contributed by atoms with Gasteiger partial charge in [-0.25, -0.2) is 0 Å². The van der Waals surface area contributed by atoms with Crippen LogP contribution in [0, 0.1) is 0 Å². The Bertz CT molecular complexity index is 667. The number of carbonyl (C=O) groups excluding carboxylic acids is 1. The molecular weight excluding hydrogens is 292 g/mol. The van der Waals surface area contributed by atoms with E-state index < -0.39 is 5.91 Å². The minimum Gasteiger partial charge on any atom is -0.366 e. The summed E-state index contributed by atoms with van der Waals surface area (Å²) in [5.74, 6) is -0.390. The number of amides is 1. The number of hydrogen-bond acceptors (Lipinski definition) is 3. The molecule has 0 saturated carbocycles. The predicted molar refractivity (Wildman–Crippen MR) is 90.7 cm³/mol. The van der Waals surface area contributed by atoms with E-state index in [4.69, 9.17) is 5.73 Å². The Kier molecular flexibility index (Phi) is 4.80. The largest absolute Gasteiger partial charge is 0.366 e. The summed E-state index contributed by atoms with van der Waals surface area (Å²) in [4.78, 5) is 12.1. The van der Waals surface area contributed by atoms with Gasteiger partial charge in [0.1, 0.15) is 0 Å². The highest BCUT2D eigenvalue weighted by Crippen LogP contribution is 2.23. The van der Waals surface area contributed by atoms with Crippen LogP contribution in [-0.2, 0) is 19.4 Å². The van der Waals surface area contributed by atoms with Gasteiger partial charge >= 0.3 is 0 Å². The predicted octanol–water partition coefficient (Wildman–Crippen LogP) is 3.46. The Morgan fingerprint density at radius 2 is 1.77 bits per heavy atom. The van der Waals surface area contributed by atoms with Crippen molar-refractivity contribution in [1.29, 1.82) is 0 Å². The first-order chi connectivity index (χ1) is 10.7. The zero-order chi connectivity index (χ0) is 15.4. The fourth-order valence-electron chi connectivity index (χ4n) is 2.79. The minimum atomic E-state index is -0.390. The highest BCUT2D eigenvalue weighted by Gasteiger charge is 2.09. The van der Waals surface area contributed by atoms with Crippen LogP contribution in [-0.4, -0.2) is 5.91 Å². The number of nitrogens with two attached hydrogens (primary N) is 1. The van der Waals surface area contributed by atoms with Gasteiger partial charge in [-0.1, -0.05) is 18.2 Å². The third kappa shape index (κ3) is 3.70. The van der Waals surface area contributed by atoms with E-state index in [9.17, 15) is 4.79 Å². The molecule has 1 aliphatic rings. The molecule has 0 heterocycles. The monoisotopic (exact) mass is 312 g/mol. The number of benzene rings is 2. The average molecular weight is 312 g/mol. The molecule has 3 N–H and O–H groups in total. The molecule has 1 aliphatic carbocycles. The zero-order valence-corrected chi connectivity index (χ0v) is 13.3. The molecule has 1 amide bonds. The summed E-state index contributed by atoms with van der Waals surface area (Å²) in [5.41, 5.74) is 10.1. The molecule has 114 valence electrons. The van der Waals surface area contributed by atoms with Crippen molar-refractivity contribution in [2.75, 3.05) is 0 Å². The summed E-state index contributed by atoms with van der Waals surface area (Å²) < 4.78 is 3.37. The normalized spacial score (nSPS) is 13.6. The summed E-state index contributed by atoms with van der Waals surface area (Å²) in [6, 6.07) is 14.1. The molecule has 0 spiro atoms. The van der Waals surface area contributed by atoms with Crippen LogP contribution in [0.3, 0.4) is 0 Å². The molecule has 22 heavy (non-hydrogen) atoms. The summed E-state index contributed by atoms with van der Waals surface area (Å²) in [6.45, 7) is 0.829. The van der Waals surface area contributed by atoms with Gasteiger partial charge in [-0.3, -0.25) is 9.52 Å². The Balaban J connectivity index is 1.55. The first-order valence-electron chi connectivity index (χ1n) is 7.62. The SMILES string of the molecule is NC(=O)c1ccc(SNCc2ccc3c(c2)CCCC3)cc1. The Labute approximate surface area is 135 Å². The molecule has 0 aromatic heterocycles. The molecule has 0 saturated heterocycles. The second-order valence-electron chi connectivity index (χ2n) is 5.62. The maximum absolute atomic E-state index is 11.0. The second kappa shape index (κ2) is 6.99. The summed E-state index contributed by atoms with van der Waals surface area (Å²) >= 11 is 1.57. The Morgan fingerprint density at radius 1 is 1.05 bits per heavy atom. The van der Waals surface area contributed by atoms with Gasteiger partial charge in [0.2, 0.25) is 5.91 Å². The van der Waals surface area contributed by atoms with Gasteiger partial charge in [-0.2, -0.15) is 0 Å². The summed E-state index contributed by atoms with van der Waals surface area (Å²) in [6.07, 6.45) is 5.07. The molecule has 4 heteroatoms. The molecule has 0 unspecified atom stereocenters. The van der Waals surface area contributed by atoms with Gasteiger partial charge in [-0.05, 0) is 78.6 Å². The Hall–Kier alpha value is -1.78. The highest BCUT2D eigenvalue weighted by atomic mass is 32.2. The summed E-state index contributed by atoms with van der Waals surface area (Å²) in [5, 5.41) is 0. The van der Waals surface area contributed by atoms with Gasteiger partial charge in [-0.15, -0.1) is 0 Å². The average Bonchev–Trinajstić information content (AvgIpc) is 2.55. The van der Waals surface area contributed by atoms with E-state index in [0.717, 1.165) is 11.4 Å². The standard InChI is InChI=1S/C18H20N2OS/c19-18(21)15-7-9-17(10-8-15)22-20-12-13-5-6-14-3-1-2-4-16(14)11-13/h5-11,20H,1-4,12H2,(H2,19,21). The lowest BCUT2D eigenvalue weighted by Crippen LogP contribution is -2.10. The fourth-order valence-corrected chi connectivity index (χ4v) is 3.46. The van der Waals surface area contributed by atoms with Crippen LogP contribution >= 0.6 is 11.9 Å². The summed E-state index contributed by atoms with van der Waals surface area (Å²) in [7, 11) is 0. The molecular formula is C18H20N2OS. The third-order valence-electron chi connectivity index (χ3n) is 4.02. The van der Waals surface area contributed by atoms with E-state index in [2.05, 4.69) is 22.9 Å². The molecule has 3 rings (SSSR count). The maximum Gasteiger partial charge on any atom is 0.248 e. The van der Waals surface area contributed by atoms with E-state index in [1.54, 1.807) is 24.1 Å². The molecule has 0 aliphatic heterocycles. The van der Waals surface area contributed by atoms with Crippen molar-refractivity contribution in [2.24, 2.45) is 5.73 Å². The van der Waals surface area contributed by atoms with Crippen LogP contribution in [0.5, 0.6) is 0 Å². The molecule has 3 nitrogen and oxygen atoms in total. The van der Waals surface area contributed by atoms with E-state index >= 15 is 0 Å². The molecule has 0 radical (unpaired) electrons. The lowest BCUT2D eigenvalue weighted by Gasteiger charge is -2.16. The number of carbonyl (C=O) groups is 1. The van der Waals surface area contributed by atoms with Crippen molar-refractivity contribution < 1.29 is 4.79 Å². The zero-order valence-electron chi connectivity index (χ0n) is 12.5. The van der Waals surface area contributed by atoms with Crippen molar-refractivity contribution in [3.8, 4) is 0 Å². The second-order valence-corrected chi connectivity index (χ2v) is 6.59. The first-order valence-corrected chi connectivity index (χ1v) is 8.44. The lowest BCUT2D eigenvalue weighted by atomic mass is 9.90. The third-order valence-corrected chi connectivity index (χ3v) is 4.81. The van der Waals surface area contributed by atoms with Crippen LogP contribution in [0.4, 0.5) is 0 Å². The van der Waals surface area contributed by atoms with Crippen LogP contribution in [0.25, 0.3) is 0 Å². The van der Waals surface area contributed by atoms with Crippen molar-refractivity contribution in [2.45, 2.75) is 37.1 Å². The quantitative estimate of drug-likeness (QED) is 0.831. The topological polar surface area (TPSA) is 55.1 Å². The van der Waals surface area contributed by atoms with E-state index in [1.807, 2.05) is 12.1 Å². The highest BCUT2D eigenvalue weighted by molar-refractivity contribution is 7.97. The fraction of sp³-hybridized carbons (Fsp3) is 0.278. The van der Waals surface area contributed by atoms with Gasteiger partial charge < -0.3 is 5.73 Å². The van der Waals surface area contributed by atoms with Crippen molar-refractivity contribution >= 4 is 17.9 Å². The number of nitrogens with one attached hydrogen (secondary N) is 1. The van der Waals surface area contributed by atoms with E-state index in [1.165, 1.54) is 42.4 Å². The maximum atomic E-state index is 11.0. The molecule has 2 aromatic carbocycles. The van der Waals surface area contributed by atoms with Crippen molar-refractivity contribution in [1.82, 2.24) is 4.72 Å². The van der Waals surface area contributed by atoms with Gasteiger partial charge in [0.25, 0.3) is 0 Å². The van der Waals surface area contributed by atoms with Crippen molar-refractivity contribution in [3.63, 3.8) is 0 Å². The number of aryl methyl sites for hydroxylation is 2. The van der Waals surface area contributed by atoms with Gasteiger partial charge in [0.05, 0.1) is 0 Å². The van der Waals surface area contributed by atoms with Crippen LogP contribution in [0.1, 0.15) is 39.9 Å². The molecule has 0 bridgehead atoms. The van der Waals surface area contributed by atoms with Gasteiger partial charge in [0, 0.05) is 17.0 Å². The van der Waals surface area contributed by atoms with E-state index in [0.29, 0.717) is 5.56 Å². The number of rotatable bonds is 5. The first kappa shape index (κ1) is 15.1. The lowest BCUT2D eigenvalue weighted by molar-refractivity contribution is 0.1000. The number of primary amides is 1. The van der Waals surface area contributed by atoms with Crippen LogP contribution in [0.2, 0.25) is 0 Å². The minimum absolute atomic E-state index is 0.390. The van der Waals surface area contributed by atoms with Crippen molar-refractivity contribution in [3.05, 3.63) is 64.7 Å². The van der Waals surface area contributed by atoms with Crippen LogP contribution < -0.4 is 10.5 Å². The number of fused-ring (bicyclic) bond motifs is 1. The number of hydrogen-bond donors (Lipinski definition) is 2. The molecule has 2 aromatic rings. The smallest absolute Gasteiger partial charge is 0.248 e. The van der Waals surface area contributed by atoms with Gasteiger partial charge in [0.15, 0.2) is 0 Å². The molecule has 0 atom stereocenters. The van der Waals surface area contributed by atoms with Crippen LogP contribution in [0.15, 0.2) is 47.4 Å². The van der Waals surface area contributed by atoms with E-state index in [-0.39, 0.29) is 0 Å². The Morgan fingerprint density at radius 3 is 2.50 bits per heavy atom. The molecule has 0 fully saturated rings.